The summed E-state index contributed by atoms with van der Waals surface area (Å²) in [5.74, 6) is 0. The molecule has 2 amide bonds. The molecule has 0 heterocycles. The SMILES string of the molecule is CCN(CC(C)(C)O)C(=O)NC1CCCC1(C)C. The first-order valence-corrected chi connectivity index (χ1v) is 6.93. The van der Waals surface area contributed by atoms with Crippen LogP contribution in [0.2, 0.25) is 0 Å². The van der Waals surface area contributed by atoms with Crippen molar-refractivity contribution in [3.63, 3.8) is 0 Å². The zero-order valence-corrected chi connectivity index (χ0v) is 12.4. The van der Waals surface area contributed by atoms with E-state index in [1.807, 2.05) is 6.92 Å². The number of hydrogen-bond acceptors (Lipinski definition) is 2. The summed E-state index contributed by atoms with van der Waals surface area (Å²) in [5, 5.41) is 12.9. The molecule has 18 heavy (non-hydrogen) atoms. The number of carbonyl (C=O) groups excluding carboxylic acids is 1. The Morgan fingerprint density at radius 2 is 2.11 bits per heavy atom. The molecular weight excluding hydrogens is 228 g/mol. The number of likely N-dealkylation sites (N-methyl/N-ethyl adjacent to an activating group) is 1. The predicted molar refractivity (Wildman–Crippen MR) is 73.5 cm³/mol. The highest BCUT2D eigenvalue weighted by atomic mass is 16.3. The Balaban J connectivity index is 2.58. The molecule has 2 N–H and O–H groups in total. The van der Waals surface area contributed by atoms with Crippen molar-refractivity contribution in [1.29, 1.82) is 0 Å². The van der Waals surface area contributed by atoms with Gasteiger partial charge in [0, 0.05) is 12.6 Å². The fourth-order valence-corrected chi connectivity index (χ4v) is 2.63. The highest BCUT2D eigenvalue weighted by Crippen LogP contribution is 2.37. The second-order valence-electron chi connectivity index (χ2n) is 6.71. The Labute approximate surface area is 111 Å². The van der Waals surface area contributed by atoms with Crippen LogP contribution in [0.4, 0.5) is 4.79 Å². The third-order valence-electron chi connectivity index (χ3n) is 3.80. The van der Waals surface area contributed by atoms with E-state index in [0.717, 1.165) is 12.8 Å². The van der Waals surface area contributed by atoms with Gasteiger partial charge in [-0.05, 0) is 39.0 Å². The number of urea groups is 1. The van der Waals surface area contributed by atoms with Crippen LogP contribution in [0.1, 0.15) is 53.9 Å². The molecule has 0 aliphatic heterocycles. The van der Waals surface area contributed by atoms with Gasteiger partial charge in [0.05, 0.1) is 12.1 Å². The van der Waals surface area contributed by atoms with E-state index < -0.39 is 5.60 Å². The zero-order chi connectivity index (χ0) is 14.0. The highest BCUT2D eigenvalue weighted by Gasteiger charge is 2.36. The molecule has 1 aliphatic rings. The third-order valence-corrected chi connectivity index (χ3v) is 3.80. The molecule has 4 nitrogen and oxygen atoms in total. The van der Waals surface area contributed by atoms with E-state index >= 15 is 0 Å². The lowest BCUT2D eigenvalue weighted by Gasteiger charge is -2.33. The van der Waals surface area contributed by atoms with Gasteiger partial charge >= 0.3 is 6.03 Å². The number of hydrogen-bond donors (Lipinski definition) is 2. The van der Waals surface area contributed by atoms with E-state index in [2.05, 4.69) is 19.2 Å². The molecule has 0 aromatic rings. The summed E-state index contributed by atoms with van der Waals surface area (Å²) in [4.78, 5) is 13.9. The second kappa shape index (κ2) is 5.47. The molecule has 0 spiro atoms. The van der Waals surface area contributed by atoms with Crippen LogP contribution in [0.5, 0.6) is 0 Å². The molecule has 0 radical (unpaired) electrons. The van der Waals surface area contributed by atoms with Crippen molar-refractivity contribution in [3.05, 3.63) is 0 Å². The van der Waals surface area contributed by atoms with Gasteiger partial charge in [-0.25, -0.2) is 4.79 Å². The molecule has 4 heteroatoms. The number of carbonyl (C=O) groups is 1. The lowest BCUT2D eigenvalue weighted by atomic mass is 9.87. The Kier molecular flexibility index (Phi) is 4.65. The molecule has 0 aromatic heterocycles. The molecule has 0 bridgehead atoms. The number of aliphatic hydroxyl groups is 1. The standard InChI is InChI=1S/C14H28N2O2/c1-6-16(10-14(4,5)18)12(17)15-11-8-7-9-13(11,2)3/h11,18H,6-10H2,1-5H3,(H,15,17). The summed E-state index contributed by atoms with van der Waals surface area (Å²) in [5.41, 5.74) is -0.664. The zero-order valence-electron chi connectivity index (χ0n) is 12.4. The van der Waals surface area contributed by atoms with E-state index in [1.54, 1.807) is 18.7 Å². The number of nitrogens with one attached hydrogen (secondary N) is 1. The van der Waals surface area contributed by atoms with Gasteiger partial charge in [0.1, 0.15) is 0 Å². The third kappa shape index (κ3) is 4.16. The van der Waals surface area contributed by atoms with Gasteiger partial charge < -0.3 is 15.3 Å². The summed E-state index contributed by atoms with van der Waals surface area (Å²) in [6, 6.07) is 0.195. The molecule has 1 rings (SSSR count). The minimum Gasteiger partial charge on any atom is -0.389 e. The smallest absolute Gasteiger partial charge is 0.317 e. The molecule has 1 unspecified atom stereocenters. The van der Waals surface area contributed by atoms with Crippen LogP contribution < -0.4 is 5.32 Å². The summed E-state index contributed by atoms with van der Waals surface area (Å²) in [6.07, 6.45) is 3.39. The lowest BCUT2D eigenvalue weighted by molar-refractivity contribution is 0.0469. The minimum atomic E-state index is -0.849. The molecule has 0 saturated heterocycles. The molecule has 1 atom stereocenters. The lowest BCUT2D eigenvalue weighted by Crippen LogP contribution is -2.51. The average molecular weight is 256 g/mol. The van der Waals surface area contributed by atoms with Crippen molar-refractivity contribution in [2.24, 2.45) is 5.41 Å². The maximum absolute atomic E-state index is 12.2. The van der Waals surface area contributed by atoms with E-state index in [0.29, 0.717) is 13.1 Å². The van der Waals surface area contributed by atoms with Crippen LogP contribution >= 0.6 is 0 Å². The van der Waals surface area contributed by atoms with Crippen LogP contribution in [-0.4, -0.2) is 40.8 Å². The Morgan fingerprint density at radius 3 is 2.50 bits per heavy atom. The summed E-state index contributed by atoms with van der Waals surface area (Å²) in [7, 11) is 0. The Hall–Kier alpha value is -0.770. The molecule has 106 valence electrons. The monoisotopic (exact) mass is 256 g/mol. The van der Waals surface area contributed by atoms with Crippen molar-refractivity contribution < 1.29 is 9.90 Å². The fourth-order valence-electron chi connectivity index (χ4n) is 2.63. The van der Waals surface area contributed by atoms with Gasteiger partial charge in [0.25, 0.3) is 0 Å². The Bertz CT molecular complexity index is 295. The van der Waals surface area contributed by atoms with Crippen molar-refractivity contribution in [2.45, 2.75) is 65.5 Å². The minimum absolute atomic E-state index is 0.0559. The van der Waals surface area contributed by atoms with E-state index in [1.165, 1.54) is 6.42 Å². The van der Waals surface area contributed by atoms with Crippen molar-refractivity contribution in [2.75, 3.05) is 13.1 Å². The number of rotatable bonds is 4. The topological polar surface area (TPSA) is 52.6 Å². The molecular formula is C14H28N2O2. The highest BCUT2D eigenvalue weighted by molar-refractivity contribution is 5.74. The maximum atomic E-state index is 12.2. The Morgan fingerprint density at radius 1 is 1.50 bits per heavy atom. The number of nitrogens with zero attached hydrogens (tertiary/aromatic N) is 1. The average Bonchev–Trinajstić information content (AvgIpc) is 2.53. The first-order chi connectivity index (χ1) is 8.15. The molecule has 1 saturated carbocycles. The number of amides is 2. The van der Waals surface area contributed by atoms with Crippen molar-refractivity contribution >= 4 is 6.03 Å². The van der Waals surface area contributed by atoms with E-state index in [9.17, 15) is 9.90 Å². The molecule has 1 aliphatic carbocycles. The molecule has 1 fully saturated rings. The summed E-state index contributed by atoms with van der Waals surface area (Å²) >= 11 is 0. The first-order valence-electron chi connectivity index (χ1n) is 6.93. The van der Waals surface area contributed by atoms with Gasteiger partial charge in [-0.2, -0.15) is 0 Å². The summed E-state index contributed by atoms with van der Waals surface area (Å²) in [6.45, 7) is 10.8. The predicted octanol–water partition coefficient (Wildman–Crippen LogP) is 2.37. The van der Waals surface area contributed by atoms with E-state index in [4.69, 9.17) is 0 Å². The van der Waals surface area contributed by atoms with Crippen LogP contribution in [0.15, 0.2) is 0 Å². The van der Waals surface area contributed by atoms with Crippen LogP contribution in [0, 0.1) is 5.41 Å². The normalized spacial score (nSPS) is 22.9. The maximum Gasteiger partial charge on any atom is 0.317 e. The van der Waals surface area contributed by atoms with Crippen LogP contribution in [0.3, 0.4) is 0 Å². The first kappa shape index (κ1) is 15.3. The van der Waals surface area contributed by atoms with Gasteiger partial charge in [0.2, 0.25) is 0 Å². The molecule has 0 aromatic carbocycles. The van der Waals surface area contributed by atoms with Gasteiger partial charge in [-0.1, -0.05) is 20.3 Å². The second-order valence-corrected chi connectivity index (χ2v) is 6.71. The largest absolute Gasteiger partial charge is 0.389 e. The van der Waals surface area contributed by atoms with Gasteiger partial charge in [0.15, 0.2) is 0 Å². The summed E-state index contributed by atoms with van der Waals surface area (Å²) < 4.78 is 0. The van der Waals surface area contributed by atoms with E-state index in [-0.39, 0.29) is 17.5 Å². The quantitative estimate of drug-likeness (QED) is 0.811. The van der Waals surface area contributed by atoms with Crippen LogP contribution in [-0.2, 0) is 0 Å². The van der Waals surface area contributed by atoms with Crippen molar-refractivity contribution in [1.82, 2.24) is 10.2 Å². The van der Waals surface area contributed by atoms with Crippen molar-refractivity contribution in [3.8, 4) is 0 Å². The van der Waals surface area contributed by atoms with Gasteiger partial charge in [-0.15, -0.1) is 0 Å². The van der Waals surface area contributed by atoms with Gasteiger partial charge in [-0.3, -0.25) is 0 Å². The van der Waals surface area contributed by atoms with Crippen LogP contribution in [0.25, 0.3) is 0 Å². The fraction of sp³-hybridized carbons (Fsp3) is 0.929.